The molecule has 0 saturated heterocycles. The maximum Gasteiger partial charge on any atom is 0.310 e. The molecule has 0 spiro atoms. The number of hydrogen-bond donors (Lipinski definition) is 0. The molecule has 1 nitrogen and oxygen atoms in total. The third kappa shape index (κ3) is 3.97. The fourth-order valence-corrected chi connectivity index (χ4v) is 2.94. The second-order valence-electron chi connectivity index (χ2n) is 5.96. The highest BCUT2D eigenvalue weighted by atomic mass is 14.6. The van der Waals surface area contributed by atoms with E-state index in [9.17, 15) is 0 Å². The Labute approximate surface area is 149 Å². The van der Waals surface area contributed by atoms with Crippen molar-refractivity contribution >= 4 is 0 Å². The third-order valence-corrected chi connectivity index (χ3v) is 3.98. The summed E-state index contributed by atoms with van der Waals surface area (Å²) in [5.74, 6) is 6.08. The van der Waals surface area contributed by atoms with Crippen LogP contribution in [0.5, 0.6) is 0 Å². The van der Waals surface area contributed by atoms with E-state index in [4.69, 9.17) is 0 Å². The molecule has 25 heavy (non-hydrogen) atoms. The van der Waals surface area contributed by atoms with Crippen LogP contribution in [0, 0.1) is 24.8 Å². The van der Waals surface area contributed by atoms with E-state index >= 15 is 0 Å². The Hall–Kier alpha value is -3.29. The summed E-state index contributed by atoms with van der Waals surface area (Å²) >= 11 is 0. The number of rotatable bonds is 2. The van der Waals surface area contributed by atoms with Crippen LogP contribution in [0.2, 0.25) is 0 Å². The fraction of sp³-hybridized carbons (Fsp3) is 0.125. The van der Waals surface area contributed by atoms with E-state index in [1.807, 2.05) is 13.0 Å². The normalized spacial score (nSPS) is 9.56. The molecular weight excluding hydrogens is 302 g/mol. The molecule has 0 heterocycles. The monoisotopic (exact) mass is 322 g/mol. The van der Waals surface area contributed by atoms with Crippen molar-refractivity contribution in [1.29, 1.82) is 0 Å². The van der Waals surface area contributed by atoms with E-state index in [0.717, 1.165) is 11.1 Å². The SMILES string of the molecule is CC#Cc1cccc(-c2cccc(-c3cc(C)cc(C#[N+]C)c3)c2)c1. The smallest absolute Gasteiger partial charge is 0.101 e. The highest BCUT2D eigenvalue weighted by Crippen LogP contribution is 2.28. The minimum absolute atomic E-state index is 1.00. The number of nitrogens with zero attached hydrogens (tertiary/aromatic N) is 1. The summed E-state index contributed by atoms with van der Waals surface area (Å²) in [6.07, 6.45) is 0. The Morgan fingerprint density at radius 3 is 2.08 bits per heavy atom. The molecule has 0 atom stereocenters. The predicted molar refractivity (Wildman–Crippen MR) is 107 cm³/mol. The maximum absolute atomic E-state index is 4.01. The topological polar surface area (TPSA) is 4.36 Å². The minimum Gasteiger partial charge on any atom is -0.101 e. The van der Waals surface area contributed by atoms with Gasteiger partial charge in [-0.25, -0.2) is 0 Å². The predicted octanol–water partition coefficient (Wildman–Crippen LogP) is 6.01. The first-order valence-electron chi connectivity index (χ1n) is 8.30. The van der Waals surface area contributed by atoms with Gasteiger partial charge in [-0.05, 0) is 72.0 Å². The van der Waals surface area contributed by atoms with Gasteiger partial charge in [0.1, 0.15) is 5.56 Å². The summed E-state index contributed by atoms with van der Waals surface area (Å²) in [6.45, 7) is 3.96. The highest BCUT2D eigenvalue weighted by molar-refractivity contribution is 5.74. The Morgan fingerprint density at radius 1 is 0.720 bits per heavy atom. The lowest BCUT2D eigenvalue weighted by atomic mass is 9.96. The molecule has 0 bridgehead atoms. The van der Waals surface area contributed by atoms with Gasteiger partial charge in [-0.1, -0.05) is 47.2 Å². The first-order chi connectivity index (χ1) is 12.2. The van der Waals surface area contributed by atoms with Gasteiger partial charge in [-0.3, -0.25) is 0 Å². The Kier molecular flexibility index (Phi) is 4.98. The number of benzene rings is 3. The van der Waals surface area contributed by atoms with Crippen molar-refractivity contribution in [2.45, 2.75) is 13.8 Å². The summed E-state index contributed by atoms with van der Waals surface area (Å²) in [4.78, 5) is 4.01. The average molecular weight is 322 g/mol. The summed E-state index contributed by atoms with van der Waals surface area (Å²) in [5, 5.41) is 0. The van der Waals surface area contributed by atoms with E-state index in [2.05, 4.69) is 90.3 Å². The molecule has 0 saturated carbocycles. The van der Waals surface area contributed by atoms with Gasteiger partial charge in [0, 0.05) is 5.56 Å². The number of aryl methyl sites for hydroxylation is 1. The molecule has 0 amide bonds. The van der Waals surface area contributed by atoms with E-state index in [-0.39, 0.29) is 0 Å². The van der Waals surface area contributed by atoms with Gasteiger partial charge < -0.3 is 0 Å². The molecule has 3 aromatic carbocycles. The second kappa shape index (κ2) is 7.52. The summed E-state index contributed by atoms with van der Waals surface area (Å²) in [5.41, 5.74) is 7.98. The van der Waals surface area contributed by atoms with Crippen molar-refractivity contribution in [3.8, 4) is 40.2 Å². The van der Waals surface area contributed by atoms with Gasteiger partial charge in [0.2, 0.25) is 0 Å². The molecule has 0 unspecified atom stereocenters. The highest BCUT2D eigenvalue weighted by Gasteiger charge is 2.06. The maximum atomic E-state index is 4.01. The van der Waals surface area contributed by atoms with Crippen LogP contribution >= 0.6 is 0 Å². The first-order valence-corrected chi connectivity index (χ1v) is 8.30. The molecular formula is C24H20N+. The van der Waals surface area contributed by atoms with Crippen molar-refractivity contribution in [2.24, 2.45) is 0 Å². The van der Waals surface area contributed by atoms with Crippen LogP contribution in [0.3, 0.4) is 0 Å². The van der Waals surface area contributed by atoms with Gasteiger partial charge in [0.15, 0.2) is 0 Å². The lowest BCUT2D eigenvalue weighted by Crippen LogP contribution is -1.86. The van der Waals surface area contributed by atoms with Crippen molar-refractivity contribution in [2.75, 3.05) is 7.05 Å². The molecule has 0 aliphatic rings. The van der Waals surface area contributed by atoms with Crippen molar-refractivity contribution < 1.29 is 0 Å². The first kappa shape index (κ1) is 16.6. The van der Waals surface area contributed by atoms with E-state index in [1.54, 1.807) is 7.05 Å². The lowest BCUT2D eigenvalue weighted by molar-refractivity contribution is 1.44. The summed E-state index contributed by atoms with van der Waals surface area (Å²) in [6, 6.07) is 26.4. The largest absolute Gasteiger partial charge is 0.310 e. The van der Waals surface area contributed by atoms with Crippen molar-refractivity contribution in [1.82, 2.24) is 0 Å². The Bertz CT molecular complexity index is 1040. The molecule has 3 aromatic rings. The minimum atomic E-state index is 1.00. The van der Waals surface area contributed by atoms with Crippen LogP contribution in [0.15, 0.2) is 66.7 Å². The fourth-order valence-electron chi connectivity index (χ4n) is 2.94. The quantitative estimate of drug-likeness (QED) is 0.509. The summed E-state index contributed by atoms with van der Waals surface area (Å²) in [7, 11) is 1.74. The van der Waals surface area contributed by atoms with E-state index < -0.39 is 0 Å². The molecule has 3 rings (SSSR count). The molecule has 0 N–H and O–H groups in total. The standard InChI is InChI=1S/C24H20N/c1-4-7-19-8-5-9-21(14-19)22-10-6-11-23(16-22)24-13-18(2)12-20(15-24)17-25-3/h5-6,8-16H,1-3H3/q+1. The average Bonchev–Trinajstić information content (AvgIpc) is 2.62. The van der Waals surface area contributed by atoms with Gasteiger partial charge >= 0.3 is 6.07 Å². The molecule has 1 heteroatoms. The van der Waals surface area contributed by atoms with Crippen LogP contribution < -0.4 is 0 Å². The van der Waals surface area contributed by atoms with Crippen LogP contribution in [0.4, 0.5) is 0 Å². The van der Waals surface area contributed by atoms with Crippen LogP contribution in [0.25, 0.3) is 27.1 Å². The molecule has 0 fully saturated rings. The Morgan fingerprint density at radius 2 is 1.36 bits per heavy atom. The van der Waals surface area contributed by atoms with Crippen LogP contribution in [0.1, 0.15) is 23.6 Å². The van der Waals surface area contributed by atoms with Gasteiger partial charge in [-0.2, -0.15) is 0 Å². The molecule has 0 aromatic heterocycles. The molecule has 120 valence electrons. The molecule has 0 radical (unpaired) electrons. The lowest BCUT2D eigenvalue weighted by Gasteiger charge is -2.08. The second-order valence-corrected chi connectivity index (χ2v) is 5.96. The van der Waals surface area contributed by atoms with Gasteiger partial charge in [0.25, 0.3) is 7.05 Å². The zero-order valence-electron chi connectivity index (χ0n) is 14.8. The van der Waals surface area contributed by atoms with Gasteiger partial charge in [-0.15, -0.1) is 5.92 Å². The van der Waals surface area contributed by atoms with Crippen molar-refractivity contribution in [3.63, 3.8) is 0 Å². The van der Waals surface area contributed by atoms with Crippen LogP contribution in [-0.2, 0) is 0 Å². The Balaban J connectivity index is 2.06. The van der Waals surface area contributed by atoms with Gasteiger partial charge in [0.05, 0.1) is 0 Å². The summed E-state index contributed by atoms with van der Waals surface area (Å²) < 4.78 is 0. The molecule has 0 aliphatic heterocycles. The zero-order valence-corrected chi connectivity index (χ0v) is 14.8. The zero-order chi connectivity index (χ0) is 17.6. The van der Waals surface area contributed by atoms with E-state index in [0.29, 0.717) is 0 Å². The van der Waals surface area contributed by atoms with Crippen LogP contribution in [-0.4, -0.2) is 7.05 Å². The van der Waals surface area contributed by atoms with E-state index in [1.165, 1.54) is 27.8 Å². The third-order valence-electron chi connectivity index (χ3n) is 3.98. The number of hydrogen-bond acceptors (Lipinski definition) is 0. The molecule has 0 aliphatic carbocycles. The van der Waals surface area contributed by atoms with Crippen molar-refractivity contribution in [3.05, 3.63) is 88.3 Å².